The molecule has 0 aliphatic heterocycles. The molecule has 6 unspecified atom stereocenters. The van der Waals surface area contributed by atoms with Gasteiger partial charge in [-0.15, -0.1) is 0 Å². The maximum Gasteiger partial charge on any atom is 0.0577 e. The Kier molecular flexibility index (Phi) is 7.49. The Balaban J connectivity index is 1.64. The van der Waals surface area contributed by atoms with Crippen LogP contribution < -0.4 is 11.1 Å². The van der Waals surface area contributed by atoms with Crippen molar-refractivity contribution < 1.29 is 0 Å². The average Bonchev–Trinajstić information content (AvgIpc) is 2.67. The van der Waals surface area contributed by atoms with Crippen molar-refractivity contribution >= 4 is 0 Å². The predicted molar refractivity (Wildman–Crippen MR) is 126 cm³/mol. The summed E-state index contributed by atoms with van der Waals surface area (Å²) in [6.45, 7) is 14.5. The molecule has 3 rings (SSSR count). The first-order valence-corrected chi connectivity index (χ1v) is 12.3. The molecule has 164 valence electrons. The van der Waals surface area contributed by atoms with Gasteiger partial charge in [0, 0.05) is 6.04 Å². The molecule has 2 aliphatic rings. The molecule has 1 saturated carbocycles. The van der Waals surface area contributed by atoms with Crippen LogP contribution in [0.5, 0.6) is 0 Å². The van der Waals surface area contributed by atoms with Crippen molar-refractivity contribution in [1.82, 2.24) is 5.32 Å². The molecule has 3 N–H and O–H groups in total. The van der Waals surface area contributed by atoms with Crippen LogP contribution in [0.4, 0.5) is 0 Å². The summed E-state index contributed by atoms with van der Waals surface area (Å²) >= 11 is 0. The van der Waals surface area contributed by atoms with Crippen LogP contribution in [0.15, 0.2) is 24.3 Å². The van der Waals surface area contributed by atoms with Crippen LogP contribution >= 0.6 is 0 Å². The van der Waals surface area contributed by atoms with E-state index < -0.39 is 0 Å². The number of benzene rings is 1. The largest absolute Gasteiger partial charge is 0.316 e. The topological polar surface area (TPSA) is 38.0 Å². The van der Waals surface area contributed by atoms with E-state index in [1.54, 1.807) is 11.1 Å². The van der Waals surface area contributed by atoms with Crippen LogP contribution in [0.1, 0.15) is 84.8 Å². The van der Waals surface area contributed by atoms with Crippen molar-refractivity contribution in [2.75, 3.05) is 0 Å². The van der Waals surface area contributed by atoms with Gasteiger partial charge >= 0.3 is 0 Å². The van der Waals surface area contributed by atoms with Gasteiger partial charge in [-0.25, -0.2) is 0 Å². The van der Waals surface area contributed by atoms with Crippen LogP contribution in [0.3, 0.4) is 0 Å². The number of unbranched alkanes of at least 4 members (excludes halogenated alkanes) is 1. The summed E-state index contributed by atoms with van der Waals surface area (Å²) in [5.74, 6) is 3.72. The summed E-state index contributed by atoms with van der Waals surface area (Å²) in [6.07, 6.45) is 9.10. The Morgan fingerprint density at radius 2 is 1.83 bits per heavy atom. The second-order valence-electron chi connectivity index (χ2n) is 11.2. The van der Waals surface area contributed by atoms with Gasteiger partial charge in [0.15, 0.2) is 0 Å². The molecule has 0 heterocycles. The Morgan fingerprint density at radius 1 is 1.14 bits per heavy atom. The van der Waals surface area contributed by atoms with Crippen LogP contribution in [-0.2, 0) is 12.8 Å². The Bertz CT molecular complexity index is 652. The molecule has 1 aromatic rings. The summed E-state index contributed by atoms with van der Waals surface area (Å²) in [5, 5.41) is 3.90. The van der Waals surface area contributed by atoms with Gasteiger partial charge in [0.05, 0.1) is 6.17 Å². The second kappa shape index (κ2) is 9.52. The Hall–Kier alpha value is -0.860. The zero-order valence-corrected chi connectivity index (χ0v) is 19.9. The number of hydrogen-bond donors (Lipinski definition) is 2. The molecule has 0 radical (unpaired) electrons. The van der Waals surface area contributed by atoms with Crippen molar-refractivity contribution in [3.63, 3.8) is 0 Å². The van der Waals surface area contributed by atoms with Crippen LogP contribution in [0, 0.1) is 35.0 Å². The van der Waals surface area contributed by atoms with Crippen molar-refractivity contribution in [2.24, 2.45) is 40.7 Å². The lowest BCUT2D eigenvalue weighted by atomic mass is 9.64. The van der Waals surface area contributed by atoms with Crippen molar-refractivity contribution in [3.05, 3.63) is 35.4 Å². The molecule has 2 heteroatoms. The predicted octanol–water partition coefficient (Wildman–Crippen LogP) is 6.18. The first-order chi connectivity index (χ1) is 13.7. The highest BCUT2D eigenvalue weighted by atomic mass is 15.1. The molecular formula is C27H46N2. The number of hydrogen-bond acceptors (Lipinski definition) is 2. The maximum absolute atomic E-state index is 6.83. The van der Waals surface area contributed by atoms with Gasteiger partial charge in [-0.3, -0.25) is 5.32 Å². The molecule has 2 nitrogen and oxygen atoms in total. The van der Waals surface area contributed by atoms with E-state index in [4.69, 9.17) is 5.73 Å². The maximum atomic E-state index is 6.83. The summed E-state index contributed by atoms with van der Waals surface area (Å²) in [6, 6.07) is 9.47. The minimum Gasteiger partial charge on any atom is -0.316 e. The Labute approximate surface area is 180 Å². The van der Waals surface area contributed by atoms with Gasteiger partial charge in [0.25, 0.3) is 0 Å². The molecule has 0 saturated heterocycles. The lowest BCUT2D eigenvalue weighted by molar-refractivity contribution is 0.0823. The normalized spacial score (nSPS) is 33.7. The third kappa shape index (κ3) is 5.25. The number of rotatable bonds is 7. The van der Waals surface area contributed by atoms with Gasteiger partial charge in [-0.1, -0.05) is 78.1 Å². The van der Waals surface area contributed by atoms with E-state index >= 15 is 0 Å². The third-order valence-corrected chi connectivity index (χ3v) is 8.62. The smallest absolute Gasteiger partial charge is 0.0577 e. The lowest BCUT2D eigenvalue weighted by Gasteiger charge is -2.46. The minimum absolute atomic E-state index is 0.122. The molecule has 0 bridgehead atoms. The minimum atomic E-state index is 0.122. The van der Waals surface area contributed by atoms with E-state index in [0.29, 0.717) is 23.3 Å². The fraction of sp³-hybridized carbons (Fsp3) is 0.778. The van der Waals surface area contributed by atoms with E-state index in [-0.39, 0.29) is 6.17 Å². The quantitative estimate of drug-likeness (QED) is 0.538. The summed E-state index contributed by atoms with van der Waals surface area (Å²) < 4.78 is 0. The summed E-state index contributed by atoms with van der Waals surface area (Å²) in [4.78, 5) is 0. The third-order valence-electron chi connectivity index (χ3n) is 8.62. The van der Waals surface area contributed by atoms with Crippen LogP contribution in [-0.4, -0.2) is 12.2 Å². The molecule has 1 fully saturated rings. The van der Waals surface area contributed by atoms with Crippen LogP contribution in [0.25, 0.3) is 0 Å². The molecule has 0 spiro atoms. The summed E-state index contributed by atoms with van der Waals surface area (Å²) in [7, 11) is 0. The van der Waals surface area contributed by atoms with Gasteiger partial charge in [0.1, 0.15) is 0 Å². The zero-order chi connectivity index (χ0) is 21.2. The molecule has 7 atom stereocenters. The fourth-order valence-corrected chi connectivity index (χ4v) is 6.47. The highest BCUT2D eigenvalue weighted by molar-refractivity contribution is 5.32. The van der Waals surface area contributed by atoms with E-state index in [0.717, 1.165) is 17.8 Å². The molecular weight excluding hydrogens is 352 g/mol. The van der Waals surface area contributed by atoms with Gasteiger partial charge in [-0.2, -0.15) is 0 Å². The molecule has 1 aromatic carbocycles. The van der Waals surface area contributed by atoms with E-state index in [1.807, 2.05) is 0 Å². The van der Waals surface area contributed by atoms with Crippen molar-refractivity contribution in [3.8, 4) is 0 Å². The second-order valence-corrected chi connectivity index (χ2v) is 11.2. The van der Waals surface area contributed by atoms with E-state index in [1.165, 1.54) is 44.9 Å². The first-order valence-electron chi connectivity index (χ1n) is 12.3. The molecule has 0 aromatic heterocycles. The first kappa shape index (κ1) is 22.8. The standard InChI is InChI=1S/C27H46N2/c1-7-8-11-21-15-24(14-18(2)19(21)3)26(28)29-20(4)25-16-22-12-9-10-13-23(22)17-27(25,5)6/h9-10,12-13,18-21,24-26,29H,7-8,11,14-17,28H2,1-6H3/t18?,19?,20?,21?,24?,25?,26-/m0/s1. The van der Waals surface area contributed by atoms with Gasteiger partial charge < -0.3 is 5.73 Å². The van der Waals surface area contributed by atoms with Crippen molar-refractivity contribution in [1.29, 1.82) is 0 Å². The molecule has 29 heavy (non-hydrogen) atoms. The Morgan fingerprint density at radius 3 is 2.52 bits per heavy atom. The lowest BCUT2D eigenvalue weighted by Crippen LogP contribution is -2.55. The average molecular weight is 399 g/mol. The molecule has 0 amide bonds. The number of nitrogens with one attached hydrogen (secondary N) is 1. The summed E-state index contributed by atoms with van der Waals surface area (Å²) in [5.41, 5.74) is 10.2. The van der Waals surface area contributed by atoms with Crippen molar-refractivity contribution in [2.45, 2.75) is 98.7 Å². The number of fused-ring (bicyclic) bond motifs is 1. The highest BCUT2D eigenvalue weighted by Crippen LogP contribution is 2.43. The number of nitrogens with two attached hydrogens (primary N) is 1. The zero-order valence-electron chi connectivity index (χ0n) is 19.9. The molecule has 2 aliphatic carbocycles. The monoisotopic (exact) mass is 398 g/mol. The van der Waals surface area contributed by atoms with Crippen LogP contribution in [0.2, 0.25) is 0 Å². The SMILES string of the molecule is CCCCC1CC([C@@H](N)NC(C)C2Cc3ccccc3CC2(C)C)CC(C)C1C. The van der Waals surface area contributed by atoms with Gasteiger partial charge in [-0.05, 0) is 78.7 Å². The fourth-order valence-electron chi connectivity index (χ4n) is 6.47. The van der Waals surface area contributed by atoms with Gasteiger partial charge in [0.2, 0.25) is 0 Å². The van der Waals surface area contributed by atoms with E-state index in [2.05, 4.69) is 71.1 Å². The van der Waals surface area contributed by atoms with E-state index in [9.17, 15) is 0 Å². The highest BCUT2D eigenvalue weighted by Gasteiger charge is 2.40.